The van der Waals surface area contributed by atoms with Crippen molar-refractivity contribution in [3.05, 3.63) is 29.8 Å². The number of sulfonamides is 1. The summed E-state index contributed by atoms with van der Waals surface area (Å²) in [6, 6.07) is 6.03. The third kappa shape index (κ3) is 5.42. The minimum atomic E-state index is -3.61. The summed E-state index contributed by atoms with van der Waals surface area (Å²) >= 11 is 0. The van der Waals surface area contributed by atoms with E-state index in [1.807, 2.05) is 0 Å². The number of nitrogens with two attached hydrogens (primary N) is 1. The number of carbonyl (C=O) groups excluding carboxylic acids is 1. The monoisotopic (exact) mass is 377 g/mol. The van der Waals surface area contributed by atoms with Gasteiger partial charge in [0, 0.05) is 30.7 Å². The Morgan fingerprint density at radius 3 is 2.54 bits per heavy atom. The maximum atomic E-state index is 12.6. The Kier molecular flexibility index (Phi) is 7.18. The Hall–Kier alpha value is -1.19. The van der Waals surface area contributed by atoms with Gasteiger partial charge in [0.15, 0.2) is 0 Å². The third-order valence-electron chi connectivity index (χ3n) is 3.41. The molecule has 0 atom stereocenters. The SMILES string of the molecule is CC(C)(N)CNC(=O)c1cccc(S(=O)(=O)N2CCOCC2)c1.Cl. The van der Waals surface area contributed by atoms with Crippen LogP contribution in [-0.4, -0.2) is 57.0 Å². The van der Waals surface area contributed by atoms with Crippen LogP contribution in [0.1, 0.15) is 24.2 Å². The highest BCUT2D eigenvalue weighted by Gasteiger charge is 2.27. The van der Waals surface area contributed by atoms with Gasteiger partial charge in [-0.05, 0) is 32.0 Å². The fourth-order valence-electron chi connectivity index (χ4n) is 2.14. The van der Waals surface area contributed by atoms with E-state index in [4.69, 9.17) is 10.5 Å². The molecule has 0 aromatic heterocycles. The Morgan fingerprint density at radius 1 is 1.33 bits per heavy atom. The maximum absolute atomic E-state index is 12.6. The summed E-state index contributed by atoms with van der Waals surface area (Å²) in [6.45, 7) is 5.29. The van der Waals surface area contributed by atoms with Crippen molar-refractivity contribution in [1.82, 2.24) is 9.62 Å². The molecule has 1 amide bonds. The van der Waals surface area contributed by atoms with Crippen molar-refractivity contribution in [3.8, 4) is 0 Å². The van der Waals surface area contributed by atoms with Crippen molar-refractivity contribution in [2.24, 2.45) is 5.73 Å². The molecule has 136 valence electrons. The summed E-state index contributed by atoms with van der Waals surface area (Å²) in [7, 11) is -3.61. The topological polar surface area (TPSA) is 102 Å². The molecule has 0 spiro atoms. The van der Waals surface area contributed by atoms with Gasteiger partial charge in [-0.2, -0.15) is 4.31 Å². The van der Waals surface area contributed by atoms with Gasteiger partial charge in [0.1, 0.15) is 0 Å². The number of rotatable bonds is 5. The van der Waals surface area contributed by atoms with Crippen LogP contribution in [0.2, 0.25) is 0 Å². The predicted molar refractivity (Wildman–Crippen MR) is 93.9 cm³/mol. The van der Waals surface area contributed by atoms with Crippen LogP contribution >= 0.6 is 12.4 Å². The van der Waals surface area contributed by atoms with Gasteiger partial charge >= 0.3 is 0 Å². The number of hydrogen-bond donors (Lipinski definition) is 2. The van der Waals surface area contributed by atoms with Crippen LogP contribution in [0.5, 0.6) is 0 Å². The van der Waals surface area contributed by atoms with E-state index in [1.54, 1.807) is 26.0 Å². The predicted octanol–water partition coefficient (Wildman–Crippen LogP) is 0.596. The highest BCUT2D eigenvalue weighted by molar-refractivity contribution is 7.89. The first-order chi connectivity index (χ1) is 10.7. The van der Waals surface area contributed by atoms with Gasteiger partial charge < -0.3 is 15.8 Å². The fourth-order valence-corrected chi connectivity index (χ4v) is 3.60. The van der Waals surface area contributed by atoms with Crippen LogP contribution in [0.25, 0.3) is 0 Å². The lowest BCUT2D eigenvalue weighted by Gasteiger charge is -2.26. The number of carbonyl (C=O) groups is 1. The van der Waals surface area contributed by atoms with Crippen molar-refractivity contribution in [3.63, 3.8) is 0 Å². The van der Waals surface area contributed by atoms with Crippen molar-refractivity contribution in [1.29, 1.82) is 0 Å². The molecule has 0 bridgehead atoms. The molecule has 24 heavy (non-hydrogen) atoms. The van der Waals surface area contributed by atoms with Gasteiger partial charge in [-0.1, -0.05) is 6.07 Å². The summed E-state index contributed by atoms with van der Waals surface area (Å²) in [5.74, 6) is -0.345. The molecule has 1 aromatic carbocycles. The highest BCUT2D eigenvalue weighted by Crippen LogP contribution is 2.18. The second-order valence-corrected chi connectivity index (χ2v) is 8.15. The van der Waals surface area contributed by atoms with Gasteiger partial charge in [0.05, 0.1) is 18.1 Å². The Balaban J connectivity index is 0.00000288. The summed E-state index contributed by atoms with van der Waals surface area (Å²) in [5.41, 5.74) is 5.59. The summed E-state index contributed by atoms with van der Waals surface area (Å²) in [5, 5.41) is 2.70. The minimum absolute atomic E-state index is 0. The number of amides is 1. The van der Waals surface area contributed by atoms with E-state index in [9.17, 15) is 13.2 Å². The van der Waals surface area contributed by atoms with E-state index >= 15 is 0 Å². The molecule has 1 aromatic rings. The summed E-state index contributed by atoms with van der Waals surface area (Å²) in [6.07, 6.45) is 0. The van der Waals surface area contributed by atoms with Crippen LogP contribution < -0.4 is 11.1 Å². The molecule has 1 aliphatic heterocycles. The first kappa shape index (κ1) is 20.9. The van der Waals surface area contributed by atoms with Gasteiger partial charge in [-0.15, -0.1) is 12.4 Å². The number of benzene rings is 1. The van der Waals surface area contributed by atoms with Gasteiger partial charge in [-0.3, -0.25) is 4.79 Å². The number of morpholine rings is 1. The lowest BCUT2D eigenvalue weighted by Crippen LogP contribution is -2.45. The van der Waals surface area contributed by atoms with Crippen molar-refractivity contribution < 1.29 is 17.9 Å². The van der Waals surface area contributed by atoms with Crippen molar-refractivity contribution in [2.75, 3.05) is 32.8 Å². The molecule has 2 rings (SSSR count). The zero-order valence-corrected chi connectivity index (χ0v) is 15.5. The second kappa shape index (κ2) is 8.26. The molecule has 1 aliphatic rings. The number of ether oxygens (including phenoxy) is 1. The van der Waals surface area contributed by atoms with Crippen LogP contribution in [0, 0.1) is 0 Å². The quantitative estimate of drug-likeness (QED) is 0.782. The van der Waals surface area contributed by atoms with Crippen LogP contribution in [0.15, 0.2) is 29.2 Å². The Morgan fingerprint density at radius 2 is 1.96 bits per heavy atom. The van der Waals surface area contributed by atoms with E-state index < -0.39 is 15.6 Å². The van der Waals surface area contributed by atoms with E-state index in [0.717, 1.165) is 0 Å². The smallest absolute Gasteiger partial charge is 0.251 e. The average molecular weight is 378 g/mol. The van der Waals surface area contributed by atoms with Crippen molar-refractivity contribution in [2.45, 2.75) is 24.3 Å². The number of halogens is 1. The summed E-state index contributed by atoms with van der Waals surface area (Å²) in [4.78, 5) is 12.3. The first-order valence-corrected chi connectivity index (χ1v) is 8.89. The Labute approximate surface area is 149 Å². The lowest BCUT2D eigenvalue weighted by atomic mass is 10.1. The zero-order valence-electron chi connectivity index (χ0n) is 13.8. The van der Waals surface area contributed by atoms with Gasteiger partial charge in [-0.25, -0.2) is 8.42 Å². The third-order valence-corrected chi connectivity index (χ3v) is 5.30. The molecular weight excluding hydrogens is 354 g/mol. The van der Waals surface area contributed by atoms with Crippen molar-refractivity contribution >= 4 is 28.3 Å². The molecular formula is C15H24ClN3O4S. The number of nitrogens with one attached hydrogen (secondary N) is 1. The highest BCUT2D eigenvalue weighted by atomic mass is 35.5. The number of hydrogen-bond acceptors (Lipinski definition) is 5. The first-order valence-electron chi connectivity index (χ1n) is 7.45. The fraction of sp³-hybridized carbons (Fsp3) is 0.533. The molecule has 0 radical (unpaired) electrons. The molecule has 3 N–H and O–H groups in total. The van der Waals surface area contributed by atoms with Crippen LogP contribution in [0.3, 0.4) is 0 Å². The van der Waals surface area contributed by atoms with E-state index in [-0.39, 0.29) is 23.2 Å². The Bertz CT molecular complexity index is 668. The molecule has 1 saturated heterocycles. The van der Waals surface area contributed by atoms with E-state index in [0.29, 0.717) is 38.4 Å². The molecule has 9 heteroatoms. The van der Waals surface area contributed by atoms with E-state index in [1.165, 1.54) is 16.4 Å². The lowest BCUT2D eigenvalue weighted by molar-refractivity contribution is 0.0730. The minimum Gasteiger partial charge on any atom is -0.379 e. The molecule has 1 heterocycles. The van der Waals surface area contributed by atoms with E-state index in [2.05, 4.69) is 5.32 Å². The van der Waals surface area contributed by atoms with Crippen LogP contribution in [0.4, 0.5) is 0 Å². The summed E-state index contributed by atoms with van der Waals surface area (Å²) < 4.78 is 31.7. The normalized spacial score (nSPS) is 16.3. The second-order valence-electron chi connectivity index (χ2n) is 6.22. The molecule has 1 fully saturated rings. The largest absolute Gasteiger partial charge is 0.379 e. The zero-order chi connectivity index (χ0) is 17.1. The van der Waals surface area contributed by atoms with Gasteiger partial charge in [0.25, 0.3) is 5.91 Å². The molecule has 0 unspecified atom stereocenters. The molecule has 0 saturated carbocycles. The standard InChI is InChI=1S/C15H23N3O4S.ClH/c1-15(2,16)11-17-14(19)12-4-3-5-13(10-12)23(20,21)18-6-8-22-9-7-18;/h3-5,10H,6-9,11,16H2,1-2H3,(H,17,19);1H. The van der Waals surface area contributed by atoms with Gasteiger partial charge in [0.2, 0.25) is 10.0 Å². The maximum Gasteiger partial charge on any atom is 0.251 e. The number of nitrogens with zero attached hydrogens (tertiary/aromatic N) is 1. The molecule has 7 nitrogen and oxygen atoms in total. The average Bonchev–Trinajstić information content (AvgIpc) is 2.53. The molecule has 0 aliphatic carbocycles. The van der Waals surface area contributed by atoms with Crippen LogP contribution in [-0.2, 0) is 14.8 Å².